The topological polar surface area (TPSA) is 65.5 Å². The third kappa shape index (κ3) is 3.22. The summed E-state index contributed by atoms with van der Waals surface area (Å²) in [7, 11) is 0. The normalized spacial score (nSPS) is 17.2. The van der Waals surface area contributed by atoms with Gasteiger partial charge in [-0.2, -0.15) is 4.37 Å². The summed E-state index contributed by atoms with van der Waals surface area (Å²) in [5, 5.41) is 0.948. The number of aromatic nitrogens is 1. The molecule has 0 amide bonds. The largest absolute Gasteiger partial charge is 0.475 e. The lowest BCUT2D eigenvalue weighted by molar-refractivity contribution is -0.160. The Morgan fingerprint density at radius 2 is 2.04 bits per heavy atom. The molecule has 2 aromatic rings. The molecule has 122 valence electrons. The van der Waals surface area contributed by atoms with E-state index in [1.54, 1.807) is 6.92 Å². The van der Waals surface area contributed by atoms with E-state index in [2.05, 4.69) is 4.37 Å². The summed E-state index contributed by atoms with van der Waals surface area (Å²) in [5.74, 6) is 0.474. The van der Waals surface area contributed by atoms with Crippen molar-refractivity contribution < 1.29 is 19.1 Å². The zero-order chi connectivity index (χ0) is 16.3. The molecule has 0 bridgehead atoms. The first-order valence-electron chi connectivity index (χ1n) is 7.81. The van der Waals surface area contributed by atoms with Crippen LogP contribution >= 0.6 is 11.5 Å². The molecule has 23 heavy (non-hydrogen) atoms. The molecule has 1 aliphatic carbocycles. The Balaban J connectivity index is 1.78. The van der Waals surface area contributed by atoms with Crippen molar-refractivity contribution in [2.24, 2.45) is 5.41 Å². The van der Waals surface area contributed by atoms with Crippen LogP contribution in [0.2, 0.25) is 0 Å². The van der Waals surface area contributed by atoms with Crippen molar-refractivity contribution in [2.75, 3.05) is 13.2 Å². The van der Waals surface area contributed by atoms with Gasteiger partial charge in [-0.3, -0.25) is 9.59 Å². The Bertz CT molecular complexity index is 714. The first kappa shape index (κ1) is 15.9. The van der Waals surface area contributed by atoms with E-state index >= 15 is 0 Å². The minimum absolute atomic E-state index is 0.198. The average molecular weight is 333 g/mol. The molecule has 1 aromatic heterocycles. The molecule has 0 atom stereocenters. The molecule has 3 rings (SSSR count). The van der Waals surface area contributed by atoms with Crippen LogP contribution in [0.3, 0.4) is 0 Å². The molecule has 0 N–H and O–H groups in total. The summed E-state index contributed by atoms with van der Waals surface area (Å²) >= 11 is 1.37. The predicted octanol–water partition coefficient (Wildman–Crippen LogP) is 3.37. The van der Waals surface area contributed by atoms with Crippen LogP contribution < -0.4 is 4.74 Å². The molecule has 1 saturated carbocycles. The number of ether oxygens (including phenoxy) is 2. The molecular weight excluding hydrogens is 314 g/mol. The summed E-state index contributed by atoms with van der Waals surface area (Å²) in [6.07, 6.45) is 1.76. The number of carbonyl (C=O) groups excluding carboxylic acids is 2. The van der Waals surface area contributed by atoms with Crippen LogP contribution in [0.1, 0.15) is 32.6 Å². The molecule has 1 heterocycles. The number of hydrogen-bond acceptors (Lipinski definition) is 6. The smallest absolute Gasteiger partial charge is 0.315 e. The van der Waals surface area contributed by atoms with Crippen LogP contribution in [-0.4, -0.2) is 29.3 Å². The molecule has 0 spiro atoms. The van der Waals surface area contributed by atoms with Gasteiger partial charge in [0.15, 0.2) is 0 Å². The third-order valence-electron chi connectivity index (χ3n) is 4.30. The van der Waals surface area contributed by atoms with Crippen molar-refractivity contribution in [3.63, 3.8) is 0 Å². The zero-order valence-electron chi connectivity index (χ0n) is 13.0. The van der Waals surface area contributed by atoms with Gasteiger partial charge in [-0.15, -0.1) is 0 Å². The van der Waals surface area contributed by atoms with Gasteiger partial charge in [-0.05, 0) is 43.4 Å². The maximum absolute atomic E-state index is 12.4. The predicted molar refractivity (Wildman–Crippen MR) is 87.7 cm³/mol. The lowest BCUT2D eigenvalue weighted by Crippen LogP contribution is -2.42. The van der Waals surface area contributed by atoms with Crippen molar-refractivity contribution in [2.45, 2.75) is 32.6 Å². The number of hydrogen-bond donors (Lipinski definition) is 0. The number of Topliss-reactive ketones (excluding diaryl/α,β-unsaturated/α-hetero) is 1. The van der Waals surface area contributed by atoms with Crippen LogP contribution in [0.4, 0.5) is 0 Å². The van der Waals surface area contributed by atoms with Crippen LogP contribution in [-0.2, 0) is 14.3 Å². The van der Waals surface area contributed by atoms with E-state index < -0.39 is 5.41 Å². The Labute approximate surface area is 138 Å². The Morgan fingerprint density at radius 1 is 1.30 bits per heavy atom. The Kier molecular flexibility index (Phi) is 4.61. The summed E-state index contributed by atoms with van der Waals surface area (Å²) in [5.41, 5.74) is -0.741. The molecule has 0 radical (unpaired) electrons. The fourth-order valence-electron chi connectivity index (χ4n) is 2.87. The van der Waals surface area contributed by atoms with Crippen LogP contribution in [0.25, 0.3) is 10.1 Å². The standard InChI is InChI=1S/C17H19NO4S/c1-2-21-16(20)17(9-7-12(19)8-10-17)11-22-15-13-5-3-4-6-14(13)23-18-15/h3-6H,2,7-11H2,1H3. The minimum atomic E-state index is -0.741. The van der Waals surface area contributed by atoms with Crippen molar-refractivity contribution in [3.05, 3.63) is 24.3 Å². The maximum atomic E-state index is 12.4. The van der Waals surface area contributed by atoms with Gasteiger partial charge >= 0.3 is 5.97 Å². The van der Waals surface area contributed by atoms with E-state index in [4.69, 9.17) is 9.47 Å². The fourth-order valence-corrected chi connectivity index (χ4v) is 3.60. The lowest BCUT2D eigenvalue weighted by Gasteiger charge is -2.33. The van der Waals surface area contributed by atoms with E-state index in [1.165, 1.54) is 11.5 Å². The molecule has 0 saturated heterocycles. The second-order valence-corrected chi connectivity index (χ2v) is 6.62. The first-order valence-corrected chi connectivity index (χ1v) is 8.58. The molecule has 0 aliphatic heterocycles. The first-order chi connectivity index (χ1) is 11.1. The van der Waals surface area contributed by atoms with Gasteiger partial charge in [0.1, 0.15) is 17.8 Å². The van der Waals surface area contributed by atoms with Gasteiger partial charge in [-0.25, -0.2) is 0 Å². The number of benzene rings is 1. The summed E-state index contributed by atoms with van der Waals surface area (Å²) in [4.78, 5) is 24.0. The lowest BCUT2D eigenvalue weighted by atomic mass is 9.74. The van der Waals surface area contributed by atoms with E-state index in [9.17, 15) is 9.59 Å². The van der Waals surface area contributed by atoms with Crippen molar-refractivity contribution in [1.82, 2.24) is 4.37 Å². The SMILES string of the molecule is CCOC(=O)C1(COc2nsc3ccccc23)CCC(=O)CC1. The maximum Gasteiger partial charge on any atom is 0.315 e. The van der Waals surface area contributed by atoms with Gasteiger partial charge < -0.3 is 9.47 Å². The molecule has 5 nitrogen and oxygen atoms in total. The quantitative estimate of drug-likeness (QED) is 0.785. The molecule has 1 aliphatic rings. The van der Waals surface area contributed by atoms with E-state index in [0.29, 0.717) is 38.2 Å². The van der Waals surface area contributed by atoms with Gasteiger partial charge in [0.05, 0.1) is 16.7 Å². The van der Waals surface area contributed by atoms with Crippen molar-refractivity contribution >= 4 is 33.4 Å². The molecule has 6 heteroatoms. The summed E-state index contributed by atoms with van der Waals surface area (Å²) in [6, 6.07) is 7.83. The number of rotatable bonds is 5. The molecule has 1 aromatic carbocycles. The molecule has 1 fully saturated rings. The van der Waals surface area contributed by atoms with Crippen molar-refractivity contribution in [3.8, 4) is 5.88 Å². The van der Waals surface area contributed by atoms with Gasteiger partial charge in [0.25, 0.3) is 0 Å². The summed E-state index contributed by atoms with van der Waals surface area (Å²) < 4.78 is 16.5. The van der Waals surface area contributed by atoms with Gasteiger partial charge in [0.2, 0.25) is 5.88 Å². The van der Waals surface area contributed by atoms with Gasteiger partial charge in [-0.1, -0.05) is 12.1 Å². The van der Waals surface area contributed by atoms with Crippen molar-refractivity contribution in [1.29, 1.82) is 0 Å². The highest BCUT2D eigenvalue weighted by atomic mass is 32.1. The highest BCUT2D eigenvalue weighted by Crippen LogP contribution is 2.38. The van der Waals surface area contributed by atoms with E-state index in [-0.39, 0.29) is 18.4 Å². The number of esters is 1. The van der Waals surface area contributed by atoms with E-state index in [0.717, 1.165) is 10.1 Å². The highest BCUT2D eigenvalue weighted by Gasteiger charge is 2.44. The number of nitrogens with zero attached hydrogens (tertiary/aromatic N) is 1. The van der Waals surface area contributed by atoms with Crippen LogP contribution in [0.5, 0.6) is 5.88 Å². The Hall–Kier alpha value is -1.95. The van der Waals surface area contributed by atoms with Gasteiger partial charge in [0, 0.05) is 12.8 Å². The van der Waals surface area contributed by atoms with Crippen LogP contribution in [0, 0.1) is 5.41 Å². The highest BCUT2D eigenvalue weighted by molar-refractivity contribution is 7.13. The average Bonchev–Trinajstić information content (AvgIpc) is 2.98. The minimum Gasteiger partial charge on any atom is -0.475 e. The van der Waals surface area contributed by atoms with E-state index in [1.807, 2.05) is 24.3 Å². The summed E-state index contributed by atoms with van der Waals surface area (Å²) in [6.45, 7) is 2.31. The monoisotopic (exact) mass is 333 g/mol. The second kappa shape index (κ2) is 6.66. The van der Waals surface area contributed by atoms with Crippen LogP contribution in [0.15, 0.2) is 24.3 Å². The number of fused-ring (bicyclic) bond motifs is 1. The fraction of sp³-hybridized carbons (Fsp3) is 0.471. The zero-order valence-corrected chi connectivity index (χ0v) is 13.9. The molecular formula is C17H19NO4S. The number of carbonyl (C=O) groups is 2. The second-order valence-electron chi connectivity index (χ2n) is 5.81. The Morgan fingerprint density at radius 3 is 2.78 bits per heavy atom. The number of ketones is 1. The third-order valence-corrected chi connectivity index (χ3v) is 5.11. The molecule has 0 unspecified atom stereocenters.